The van der Waals surface area contributed by atoms with Gasteiger partial charge in [0.05, 0.1) is 28.3 Å². The zero-order chi connectivity index (χ0) is 23.1. The number of aromatic amines is 2. The van der Waals surface area contributed by atoms with Crippen LogP contribution in [0, 0.1) is 24.7 Å². The average molecular weight is 435 g/mol. The molecular formula is C30H18N4. The van der Waals surface area contributed by atoms with E-state index in [4.69, 9.17) is 22.8 Å². The molecule has 0 atom stereocenters. The van der Waals surface area contributed by atoms with Crippen LogP contribution in [0.4, 0.5) is 0 Å². The molecule has 0 saturated heterocycles. The van der Waals surface area contributed by atoms with E-state index in [9.17, 15) is 0 Å². The van der Waals surface area contributed by atoms with Gasteiger partial charge in [-0.05, 0) is 78.4 Å². The van der Waals surface area contributed by atoms with Crippen LogP contribution in [-0.2, 0) is 0 Å². The van der Waals surface area contributed by atoms with E-state index in [1.54, 1.807) is 0 Å². The zero-order valence-electron chi connectivity index (χ0n) is 18.1. The summed E-state index contributed by atoms with van der Waals surface area (Å²) in [5, 5.41) is 0. The van der Waals surface area contributed by atoms with Crippen molar-refractivity contribution >= 4 is 46.4 Å². The Hall–Kier alpha value is -5.06. The molecular weight excluding hydrogens is 416 g/mol. The van der Waals surface area contributed by atoms with E-state index in [2.05, 4.69) is 40.0 Å². The Morgan fingerprint density at radius 1 is 0.647 bits per heavy atom. The Morgan fingerprint density at radius 3 is 2.12 bits per heavy atom. The van der Waals surface area contributed by atoms with Gasteiger partial charge in [-0.15, -0.1) is 12.8 Å². The second-order valence-corrected chi connectivity index (χ2v) is 8.11. The van der Waals surface area contributed by atoms with Crippen LogP contribution in [0.2, 0.25) is 0 Å². The highest BCUT2D eigenvalue weighted by atomic mass is 14.8. The maximum absolute atomic E-state index is 5.86. The summed E-state index contributed by atoms with van der Waals surface area (Å²) in [5.74, 6) is 5.49. The number of aromatic nitrogens is 4. The first-order chi connectivity index (χ1) is 16.7. The van der Waals surface area contributed by atoms with Crippen molar-refractivity contribution < 1.29 is 0 Å². The molecule has 0 saturated carbocycles. The number of fused-ring (bicyclic) bond motifs is 8. The fourth-order valence-corrected chi connectivity index (χ4v) is 4.25. The number of hydrogen-bond acceptors (Lipinski definition) is 2. The van der Waals surface area contributed by atoms with Crippen molar-refractivity contribution in [3.05, 3.63) is 94.6 Å². The van der Waals surface area contributed by atoms with Crippen LogP contribution in [0.15, 0.2) is 60.7 Å². The van der Waals surface area contributed by atoms with Gasteiger partial charge in [0.25, 0.3) is 0 Å². The van der Waals surface area contributed by atoms with Crippen LogP contribution in [0.5, 0.6) is 0 Å². The lowest BCUT2D eigenvalue weighted by atomic mass is 10.0. The van der Waals surface area contributed by atoms with Crippen LogP contribution < -0.4 is 0 Å². The molecule has 6 rings (SSSR count). The van der Waals surface area contributed by atoms with Gasteiger partial charge in [-0.25, -0.2) is 9.97 Å². The van der Waals surface area contributed by atoms with Crippen molar-refractivity contribution in [3.8, 4) is 35.8 Å². The molecule has 0 spiro atoms. The Morgan fingerprint density at radius 2 is 1.38 bits per heavy atom. The number of benzene rings is 1. The summed E-state index contributed by atoms with van der Waals surface area (Å²) < 4.78 is 0. The van der Waals surface area contributed by atoms with Crippen molar-refractivity contribution in [2.75, 3.05) is 0 Å². The maximum Gasteiger partial charge on any atom is 0.0816 e. The van der Waals surface area contributed by atoms with E-state index in [0.717, 1.165) is 61.5 Å². The predicted molar refractivity (Wildman–Crippen MR) is 140 cm³/mol. The molecule has 2 aliphatic heterocycles. The second-order valence-electron chi connectivity index (χ2n) is 8.11. The first-order valence-electron chi connectivity index (χ1n) is 10.8. The summed E-state index contributed by atoms with van der Waals surface area (Å²) in [5.41, 5.74) is 10.5. The quantitative estimate of drug-likeness (QED) is 0.299. The van der Waals surface area contributed by atoms with Crippen LogP contribution in [0.25, 0.3) is 57.5 Å². The average Bonchev–Trinajstić information content (AvgIpc) is 3.64. The zero-order valence-corrected chi connectivity index (χ0v) is 18.1. The summed E-state index contributed by atoms with van der Waals surface area (Å²) in [6.07, 6.45) is 19.3. The fraction of sp³-hybridized carbons (Fsp3) is 0. The third kappa shape index (κ3) is 3.50. The number of hydrogen-bond donors (Lipinski definition) is 2. The van der Waals surface area contributed by atoms with Crippen molar-refractivity contribution in [1.29, 1.82) is 0 Å². The van der Waals surface area contributed by atoms with Gasteiger partial charge in [-0.2, -0.15) is 0 Å². The molecule has 34 heavy (non-hydrogen) atoms. The molecule has 0 fully saturated rings. The van der Waals surface area contributed by atoms with Crippen molar-refractivity contribution in [3.63, 3.8) is 0 Å². The van der Waals surface area contributed by atoms with Crippen LogP contribution in [0.1, 0.15) is 33.9 Å². The van der Waals surface area contributed by atoms with Gasteiger partial charge in [0.15, 0.2) is 0 Å². The van der Waals surface area contributed by atoms with E-state index in [0.29, 0.717) is 5.56 Å². The number of terminal acetylenes is 2. The summed E-state index contributed by atoms with van der Waals surface area (Å²) in [6.45, 7) is 0. The number of nitrogens with one attached hydrogen (secondary N) is 2. The van der Waals surface area contributed by atoms with Gasteiger partial charge in [-0.1, -0.05) is 24.0 Å². The summed E-state index contributed by atoms with van der Waals surface area (Å²) in [7, 11) is 0. The van der Waals surface area contributed by atoms with Crippen LogP contribution in [0.3, 0.4) is 0 Å². The van der Waals surface area contributed by atoms with E-state index in [1.165, 1.54) is 0 Å². The maximum atomic E-state index is 5.86. The number of nitrogens with zero attached hydrogens (tertiary/aromatic N) is 2. The minimum absolute atomic E-state index is 0.668. The van der Waals surface area contributed by atoms with Crippen LogP contribution >= 0.6 is 0 Å². The highest BCUT2D eigenvalue weighted by molar-refractivity contribution is 5.88. The molecule has 4 aromatic rings. The molecule has 0 amide bonds. The normalized spacial score (nSPS) is 11.8. The minimum atomic E-state index is 0.668. The first-order valence-corrected chi connectivity index (χ1v) is 10.8. The van der Waals surface area contributed by atoms with E-state index in [-0.39, 0.29) is 0 Å². The first kappa shape index (κ1) is 19.6. The van der Waals surface area contributed by atoms with E-state index >= 15 is 0 Å². The Bertz CT molecular complexity index is 1780. The van der Waals surface area contributed by atoms with Gasteiger partial charge < -0.3 is 9.97 Å². The molecule has 3 aromatic heterocycles. The Balaban J connectivity index is 1.71. The van der Waals surface area contributed by atoms with Gasteiger partial charge >= 0.3 is 0 Å². The minimum Gasteiger partial charge on any atom is -0.355 e. The highest BCUT2D eigenvalue weighted by Gasteiger charge is 2.11. The van der Waals surface area contributed by atoms with E-state index < -0.39 is 0 Å². The number of H-pyrrole nitrogens is 2. The third-order valence-corrected chi connectivity index (χ3v) is 5.83. The smallest absolute Gasteiger partial charge is 0.0816 e. The largest absolute Gasteiger partial charge is 0.355 e. The molecule has 0 radical (unpaired) electrons. The van der Waals surface area contributed by atoms with Crippen molar-refractivity contribution in [1.82, 2.24) is 19.9 Å². The summed E-state index contributed by atoms with van der Waals surface area (Å²) in [6, 6.07) is 20.3. The van der Waals surface area contributed by atoms with Crippen LogP contribution in [-0.4, -0.2) is 19.9 Å². The Kier molecular flexibility index (Phi) is 4.51. The lowest BCUT2D eigenvalue weighted by molar-refractivity contribution is 1.26. The third-order valence-electron chi connectivity index (χ3n) is 5.83. The number of rotatable bonds is 1. The molecule has 8 bridgehead atoms. The fourth-order valence-electron chi connectivity index (χ4n) is 4.25. The van der Waals surface area contributed by atoms with Gasteiger partial charge in [-0.3, -0.25) is 0 Å². The lowest BCUT2D eigenvalue weighted by Gasteiger charge is -2.00. The molecule has 158 valence electrons. The molecule has 1 aromatic carbocycles. The molecule has 2 aliphatic rings. The summed E-state index contributed by atoms with van der Waals surface area (Å²) in [4.78, 5) is 16.4. The van der Waals surface area contributed by atoms with Gasteiger partial charge in [0, 0.05) is 33.2 Å². The standard InChI is InChI=1S/C30H18N4/c1-3-19-6-5-7-20(14-19)27-17-25-16-22-9-8-21(31-22)15-23-10-12-28(32-23)26(4-2)29-13-11-24(33-29)18-30(27)34-25/h1-2,5-18,31,34H. The van der Waals surface area contributed by atoms with Gasteiger partial charge in [0.2, 0.25) is 0 Å². The lowest BCUT2D eigenvalue weighted by Crippen LogP contribution is -1.87. The molecule has 4 heteroatoms. The summed E-state index contributed by atoms with van der Waals surface area (Å²) >= 11 is 0. The molecule has 0 aliphatic carbocycles. The van der Waals surface area contributed by atoms with Crippen molar-refractivity contribution in [2.45, 2.75) is 0 Å². The second kappa shape index (κ2) is 7.81. The van der Waals surface area contributed by atoms with Gasteiger partial charge in [0.1, 0.15) is 0 Å². The Labute approximate surface area is 196 Å². The monoisotopic (exact) mass is 434 g/mol. The van der Waals surface area contributed by atoms with E-state index in [1.807, 2.05) is 66.8 Å². The molecule has 5 heterocycles. The SMILES string of the molecule is C#Cc1cccc(-c2cc3cc4ccc(cc5nc(c(C#C)c6nc(cc2[nH]3)C=C6)C=C5)[nH]4)c1. The molecule has 2 N–H and O–H groups in total. The molecule has 4 nitrogen and oxygen atoms in total. The predicted octanol–water partition coefficient (Wildman–Crippen LogP) is 6.29. The highest BCUT2D eigenvalue weighted by Crippen LogP contribution is 2.28. The topological polar surface area (TPSA) is 57.4 Å². The molecule has 0 unspecified atom stereocenters. The van der Waals surface area contributed by atoms with Crippen molar-refractivity contribution in [2.24, 2.45) is 0 Å².